The minimum atomic E-state index is 0.615. The predicted molar refractivity (Wildman–Crippen MR) is 59.7 cm³/mol. The fourth-order valence-electron chi connectivity index (χ4n) is 1.89. The molecular formula is C13H19N. The molecule has 0 bridgehead atoms. The molecule has 14 heavy (non-hydrogen) atoms. The molecule has 0 radical (unpaired) electrons. The summed E-state index contributed by atoms with van der Waals surface area (Å²) in [6.07, 6.45) is 5.84. The quantitative estimate of drug-likeness (QED) is 0.707. The second kappa shape index (κ2) is 3.72. The van der Waals surface area contributed by atoms with Gasteiger partial charge in [0.2, 0.25) is 0 Å². The third kappa shape index (κ3) is 1.82. The number of nitrogens with zero attached hydrogens (tertiary/aromatic N) is 1. The summed E-state index contributed by atoms with van der Waals surface area (Å²) in [5.74, 6) is 1.39. The van der Waals surface area contributed by atoms with Gasteiger partial charge in [0.15, 0.2) is 0 Å². The van der Waals surface area contributed by atoms with E-state index in [9.17, 15) is 0 Å². The van der Waals surface area contributed by atoms with Gasteiger partial charge in [-0.3, -0.25) is 4.98 Å². The lowest BCUT2D eigenvalue weighted by Gasteiger charge is -2.12. The molecule has 1 fully saturated rings. The maximum atomic E-state index is 4.63. The molecule has 1 aromatic rings. The average Bonchev–Trinajstić information content (AvgIpc) is 3.00. The minimum Gasteiger partial charge on any atom is -0.260 e. The number of aryl methyl sites for hydroxylation is 1. The summed E-state index contributed by atoms with van der Waals surface area (Å²) in [5.41, 5.74) is 4.22. The summed E-state index contributed by atoms with van der Waals surface area (Å²) >= 11 is 0. The van der Waals surface area contributed by atoms with Gasteiger partial charge in [0.1, 0.15) is 0 Å². The molecule has 0 amide bonds. The lowest BCUT2D eigenvalue weighted by atomic mass is 9.97. The van der Waals surface area contributed by atoms with E-state index in [1.165, 1.54) is 29.7 Å². The van der Waals surface area contributed by atoms with Gasteiger partial charge >= 0.3 is 0 Å². The molecule has 76 valence electrons. The van der Waals surface area contributed by atoms with Crippen LogP contribution in [0.3, 0.4) is 0 Å². The lowest BCUT2D eigenvalue weighted by molar-refractivity contribution is 0.814. The second-order valence-electron chi connectivity index (χ2n) is 4.60. The molecule has 1 heterocycles. The van der Waals surface area contributed by atoms with Crippen molar-refractivity contribution in [1.82, 2.24) is 4.98 Å². The maximum Gasteiger partial charge on any atom is 0.0469 e. The summed E-state index contributed by atoms with van der Waals surface area (Å²) < 4.78 is 0. The van der Waals surface area contributed by atoms with Crippen LogP contribution in [0, 0.1) is 0 Å². The van der Waals surface area contributed by atoms with E-state index < -0.39 is 0 Å². The molecule has 1 aliphatic rings. The van der Waals surface area contributed by atoms with Crippen molar-refractivity contribution in [3.63, 3.8) is 0 Å². The SMILES string of the molecule is CCc1cnc(C2CC2)c(C(C)C)c1. The molecule has 0 unspecified atom stereocenters. The van der Waals surface area contributed by atoms with Crippen molar-refractivity contribution in [3.8, 4) is 0 Å². The van der Waals surface area contributed by atoms with E-state index in [-0.39, 0.29) is 0 Å². The van der Waals surface area contributed by atoms with E-state index in [0.717, 1.165) is 12.3 Å². The zero-order valence-electron chi connectivity index (χ0n) is 9.38. The lowest BCUT2D eigenvalue weighted by Crippen LogP contribution is -2.00. The molecule has 0 atom stereocenters. The topological polar surface area (TPSA) is 12.9 Å². The summed E-state index contributed by atoms with van der Waals surface area (Å²) in [6, 6.07) is 2.35. The molecule has 1 heteroatoms. The molecule has 1 saturated carbocycles. The summed E-state index contributed by atoms with van der Waals surface area (Å²) in [6.45, 7) is 6.72. The number of hydrogen-bond donors (Lipinski definition) is 0. The highest BCUT2D eigenvalue weighted by Crippen LogP contribution is 2.42. The van der Waals surface area contributed by atoms with Gasteiger partial charge in [-0.2, -0.15) is 0 Å². The Morgan fingerprint density at radius 3 is 2.64 bits per heavy atom. The Hall–Kier alpha value is -0.850. The molecule has 0 saturated heterocycles. The zero-order valence-corrected chi connectivity index (χ0v) is 9.38. The van der Waals surface area contributed by atoms with Crippen molar-refractivity contribution in [2.75, 3.05) is 0 Å². The van der Waals surface area contributed by atoms with Crippen molar-refractivity contribution in [3.05, 3.63) is 29.1 Å². The molecule has 0 N–H and O–H groups in total. The Kier molecular flexibility index (Phi) is 2.58. The Balaban J connectivity index is 2.38. The number of hydrogen-bond acceptors (Lipinski definition) is 1. The van der Waals surface area contributed by atoms with Crippen molar-refractivity contribution in [2.45, 2.75) is 51.9 Å². The molecule has 0 spiro atoms. The first-order valence-corrected chi connectivity index (χ1v) is 5.71. The van der Waals surface area contributed by atoms with Crippen LogP contribution in [0.5, 0.6) is 0 Å². The van der Waals surface area contributed by atoms with Gasteiger partial charge in [-0.05, 0) is 36.3 Å². The van der Waals surface area contributed by atoms with Crippen LogP contribution in [-0.4, -0.2) is 4.98 Å². The highest BCUT2D eigenvalue weighted by Gasteiger charge is 2.28. The third-order valence-corrected chi connectivity index (χ3v) is 3.00. The minimum absolute atomic E-state index is 0.615. The zero-order chi connectivity index (χ0) is 10.1. The Labute approximate surface area is 86.6 Å². The van der Waals surface area contributed by atoms with Gasteiger partial charge in [-0.25, -0.2) is 0 Å². The molecule has 1 aliphatic carbocycles. The Morgan fingerprint density at radius 1 is 1.43 bits per heavy atom. The van der Waals surface area contributed by atoms with Gasteiger partial charge in [-0.15, -0.1) is 0 Å². The largest absolute Gasteiger partial charge is 0.260 e. The molecule has 0 aliphatic heterocycles. The molecule has 0 aromatic carbocycles. The van der Waals surface area contributed by atoms with E-state index >= 15 is 0 Å². The van der Waals surface area contributed by atoms with Crippen LogP contribution in [0.2, 0.25) is 0 Å². The molecule has 2 rings (SSSR count). The van der Waals surface area contributed by atoms with Crippen LogP contribution in [0.4, 0.5) is 0 Å². The molecule has 1 nitrogen and oxygen atoms in total. The van der Waals surface area contributed by atoms with Crippen LogP contribution in [0.15, 0.2) is 12.3 Å². The van der Waals surface area contributed by atoms with E-state index in [1.807, 2.05) is 0 Å². The van der Waals surface area contributed by atoms with E-state index in [1.54, 1.807) is 0 Å². The number of pyridine rings is 1. The first-order chi connectivity index (χ1) is 6.72. The summed E-state index contributed by atoms with van der Waals surface area (Å²) in [7, 11) is 0. The smallest absolute Gasteiger partial charge is 0.0469 e. The highest BCUT2D eigenvalue weighted by atomic mass is 14.7. The standard InChI is InChI=1S/C13H19N/c1-4-10-7-12(9(2)3)13(14-8-10)11-5-6-11/h7-9,11H,4-6H2,1-3H3. The van der Waals surface area contributed by atoms with Gasteiger partial charge in [0, 0.05) is 17.8 Å². The maximum absolute atomic E-state index is 4.63. The first-order valence-electron chi connectivity index (χ1n) is 5.71. The summed E-state index contributed by atoms with van der Waals surface area (Å²) in [5, 5.41) is 0. The fourth-order valence-corrected chi connectivity index (χ4v) is 1.89. The Morgan fingerprint density at radius 2 is 2.14 bits per heavy atom. The van der Waals surface area contributed by atoms with Gasteiger partial charge in [0.05, 0.1) is 0 Å². The Bertz CT molecular complexity index is 324. The average molecular weight is 189 g/mol. The molecule has 1 aromatic heterocycles. The van der Waals surface area contributed by atoms with E-state index in [4.69, 9.17) is 0 Å². The predicted octanol–water partition coefficient (Wildman–Crippen LogP) is 3.64. The fraction of sp³-hybridized carbons (Fsp3) is 0.615. The monoisotopic (exact) mass is 189 g/mol. The summed E-state index contributed by atoms with van der Waals surface area (Å²) in [4.78, 5) is 4.63. The van der Waals surface area contributed by atoms with Crippen LogP contribution in [0.25, 0.3) is 0 Å². The number of aromatic nitrogens is 1. The highest BCUT2D eigenvalue weighted by molar-refractivity contribution is 5.32. The molecular weight excluding hydrogens is 170 g/mol. The van der Waals surface area contributed by atoms with Crippen LogP contribution in [-0.2, 0) is 6.42 Å². The first kappa shape index (κ1) is 9.70. The van der Waals surface area contributed by atoms with Crippen molar-refractivity contribution < 1.29 is 0 Å². The van der Waals surface area contributed by atoms with Gasteiger partial charge in [-0.1, -0.05) is 26.8 Å². The van der Waals surface area contributed by atoms with Gasteiger partial charge in [0.25, 0.3) is 0 Å². The normalized spacial score (nSPS) is 16.3. The van der Waals surface area contributed by atoms with Crippen LogP contribution >= 0.6 is 0 Å². The van der Waals surface area contributed by atoms with E-state index in [2.05, 4.69) is 38.0 Å². The van der Waals surface area contributed by atoms with Crippen LogP contribution in [0.1, 0.15) is 62.3 Å². The van der Waals surface area contributed by atoms with Crippen molar-refractivity contribution >= 4 is 0 Å². The second-order valence-corrected chi connectivity index (χ2v) is 4.60. The van der Waals surface area contributed by atoms with Crippen LogP contribution < -0.4 is 0 Å². The van der Waals surface area contributed by atoms with Gasteiger partial charge < -0.3 is 0 Å². The number of rotatable bonds is 3. The van der Waals surface area contributed by atoms with E-state index in [0.29, 0.717) is 5.92 Å². The van der Waals surface area contributed by atoms with Crippen molar-refractivity contribution in [1.29, 1.82) is 0 Å². The third-order valence-electron chi connectivity index (χ3n) is 3.00. The van der Waals surface area contributed by atoms with Crippen molar-refractivity contribution in [2.24, 2.45) is 0 Å².